The zero-order chi connectivity index (χ0) is 27.6. The third-order valence-electron chi connectivity index (χ3n) is 4.92. The molecule has 7 heteroatoms. The van der Waals surface area contributed by atoms with Crippen LogP contribution in [0.5, 0.6) is 0 Å². The van der Waals surface area contributed by atoms with Crippen molar-refractivity contribution in [3.05, 3.63) is 156 Å². The van der Waals surface area contributed by atoms with E-state index in [4.69, 9.17) is 11.5 Å². The number of rotatable bonds is 7. The molecule has 0 bridgehead atoms. The maximum atomic E-state index is 11.8. The van der Waals surface area contributed by atoms with Crippen molar-refractivity contribution in [1.29, 1.82) is 0 Å². The van der Waals surface area contributed by atoms with E-state index in [-0.39, 0.29) is 39.9 Å². The first-order chi connectivity index (χ1) is 18.5. The molecule has 0 amide bonds. The first-order valence-corrected chi connectivity index (χ1v) is 11.9. The fraction of sp³-hybridized carbons (Fsp3) is 0.0625. The number of ketones is 2. The second kappa shape index (κ2) is 18.9. The van der Waals surface area contributed by atoms with Gasteiger partial charge in [-0.2, -0.15) is 0 Å². The van der Waals surface area contributed by atoms with E-state index in [2.05, 4.69) is 0 Å². The zero-order valence-corrected chi connectivity index (χ0v) is 22.3. The van der Waals surface area contributed by atoms with Gasteiger partial charge in [0, 0.05) is 24.2 Å². The number of hydrogen-bond donors (Lipinski definition) is 2. The molecule has 0 aliphatic rings. The van der Waals surface area contributed by atoms with Crippen LogP contribution in [0.1, 0.15) is 31.8 Å². The van der Waals surface area contributed by atoms with Crippen LogP contribution in [-0.4, -0.2) is 24.7 Å². The molecule has 0 aromatic heterocycles. The molecule has 4 aromatic carbocycles. The molecule has 0 saturated heterocycles. The smallest absolute Gasteiger partial charge is 0.872 e. The molecular formula is C32H30CoN2O4. The van der Waals surface area contributed by atoms with Crippen LogP contribution in [-0.2, 0) is 16.8 Å². The molecule has 39 heavy (non-hydrogen) atoms. The van der Waals surface area contributed by atoms with Crippen molar-refractivity contribution >= 4 is 23.1 Å². The summed E-state index contributed by atoms with van der Waals surface area (Å²) >= 11 is 0. The molecule has 0 aliphatic carbocycles. The second-order valence-electron chi connectivity index (χ2n) is 7.79. The van der Waals surface area contributed by atoms with Gasteiger partial charge in [0.15, 0.2) is 11.6 Å². The second-order valence-corrected chi connectivity index (χ2v) is 7.79. The van der Waals surface area contributed by atoms with Crippen molar-refractivity contribution in [2.24, 2.45) is 11.5 Å². The van der Waals surface area contributed by atoms with Gasteiger partial charge in [-0.15, -0.1) is 0 Å². The van der Waals surface area contributed by atoms with Gasteiger partial charge in [-0.1, -0.05) is 133 Å². The van der Waals surface area contributed by atoms with E-state index < -0.39 is 0 Å². The first-order valence-electron chi connectivity index (χ1n) is 11.9. The van der Waals surface area contributed by atoms with Gasteiger partial charge < -0.3 is 21.7 Å². The van der Waals surface area contributed by atoms with Gasteiger partial charge in [0.2, 0.25) is 0 Å². The predicted octanol–water partition coefficient (Wildman–Crippen LogP) is 3.44. The number of allylic oxidation sites excluding steroid dienone is 2. The Labute approximate surface area is 239 Å². The minimum Gasteiger partial charge on any atom is -0.872 e. The third kappa shape index (κ3) is 12.2. The van der Waals surface area contributed by atoms with Crippen molar-refractivity contribution in [2.75, 3.05) is 13.1 Å². The Hall–Kier alpha value is -4.27. The van der Waals surface area contributed by atoms with Crippen LogP contribution >= 0.6 is 0 Å². The van der Waals surface area contributed by atoms with Crippen LogP contribution in [0.15, 0.2) is 133 Å². The van der Waals surface area contributed by atoms with Gasteiger partial charge in [-0.3, -0.25) is 9.59 Å². The standard InChI is InChI=1S/2C15H12O2.C2H8N2.Co/c2*16-14(12-7-3-1-4-8-12)11-15(17)13-9-5-2-6-10-13;3-1-2-4;/h2*1-11,16H;1-4H2;/q;;;+2/p-2/b2*14-11-;;. The fourth-order valence-corrected chi connectivity index (χ4v) is 2.98. The molecule has 0 heterocycles. The summed E-state index contributed by atoms with van der Waals surface area (Å²) in [6.45, 7) is 1.19. The summed E-state index contributed by atoms with van der Waals surface area (Å²) in [5.41, 5.74) is 11.9. The molecule has 0 atom stereocenters. The Balaban J connectivity index is 0.000000336. The van der Waals surface area contributed by atoms with Gasteiger partial charge in [-0.25, -0.2) is 0 Å². The molecule has 4 rings (SSSR count). The van der Waals surface area contributed by atoms with Gasteiger partial charge in [0.1, 0.15) is 0 Å². The Kier molecular flexibility index (Phi) is 15.9. The number of carbonyl (C=O) groups excluding carboxylic acids is 2. The fourth-order valence-electron chi connectivity index (χ4n) is 2.98. The molecule has 4 aromatic rings. The third-order valence-corrected chi connectivity index (χ3v) is 4.92. The Morgan fingerprint density at radius 2 is 0.718 bits per heavy atom. The maximum Gasteiger partial charge on any atom is 2.00 e. The number of carbonyl (C=O) groups is 2. The molecule has 6 nitrogen and oxygen atoms in total. The SMILES string of the molecule is NCCN.O=C(/C=C(\[O-])c1ccccc1)c1ccccc1.O=C(/C=C(\[O-])c1ccccc1)c1ccccc1.[Co+2]. The summed E-state index contributed by atoms with van der Waals surface area (Å²) in [5, 5.41) is 23.5. The summed E-state index contributed by atoms with van der Waals surface area (Å²) < 4.78 is 0. The summed E-state index contributed by atoms with van der Waals surface area (Å²) in [6, 6.07) is 35.0. The van der Waals surface area contributed by atoms with E-state index in [9.17, 15) is 19.8 Å². The van der Waals surface area contributed by atoms with E-state index in [1.54, 1.807) is 97.1 Å². The quantitative estimate of drug-likeness (QED) is 0.201. The molecule has 0 unspecified atom stereocenters. The van der Waals surface area contributed by atoms with E-state index in [1.807, 2.05) is 24.3 Å². The zero-order valence-electron chi connectivity index (χ0n) is 21.2. The summed E-state index contributed by atoms with van der Waals surface area (Å²) in [6.07, 6.45) is 2.26. The molecule has 0 saturated carbocycles. The van der Waals surface area contributed by atoms with Gasteiger partial charge >= 0.3 is 16.8 Å². The predicted molar refractivity (Wildman–Crippen MR) is 148 cm³/mol. The molecule has 0 fully saturated rings. The van der Waals surface area contributed by atoms with E-state index >= 15 is 0 Å². The van der Waals surface area contributed by atoms with Crippen molar-refractivity contribution in [2.45, 2.75) is 0 Å². The summed E-state index contributed by atoms with van der Waals surface area (Å²) in [5.74, 6) is -1.06. The Morgan fingerprint density at radius 3 is 0.949 bits per heavy atom. The molecule has 0 aliphatic heterocycles. The Bertz CT molecular complexity index is 1210. The molecule has 201 valence electrons. The molecular weight excluding hydrogens is 535 g/mol. The van der Waals surface area contributed by atoms with Gasteiger partial charge in [0.25, 0.3) is 0 Å². The van der Waals surface area contributed by atoms with Crippen LogP contribution < -0.4 is 21.7 Å². The number of benzene rings is 4. The topological polar surface area (TPSA) is 132 Å². The number of nitrogens with two attached hydrogens (primary N) is 2. The van der Waals surface area contributed by atoms with Crippen LogP contribution in [0.25, 0.3) is 11.5 Å². The van der Waals surface area contributed by atoms with E-state index in [1.165, 1.54) is 0 Å². The van der Waals surface area contributed by atoms with Crippen LogP contribution in [0.2, 0.25) is 0 Å². The minimum atomic E-state index is -0.264. The summed E-state index contributed by atoms with van der Waals surface area (Å²) in [7, 11) is 0. The average molecular weight is 566 g/mol. The minimum absolute atomic E-state index is 0. The van der Waals surface area contributed by atoms with E-state index in [0.29, 0.717) is 35.3 Å². The van der Waals surface area contributed by atoms with Crippen LogP contribution in [0, 0.1) is 0 Å². The van der Waals surface area contributed by atoms with Crippen molar-refractivity contribution in [3.63, 3.8) is 0 Å². The normalized spacial score (nSPS) is 10.5. The van der Waals surface area contributed by atoms with Crippen LogP contribution in [0.4, 0.5) is 0 Å². The monoisotopic (exact) mass is 565 g/mol. The van der Waals surface area contributed by atoms with Gasteiger partial charge in [-0.05, 0) is 23.3 Å². The van der Waals surface area contributed by atoms with Crippen molar-refractivity contribution in [1.82, 2.24) is 0 Å². The van der Waals surface area contributed by atoms with E-state index in [0.717, 1.165) is 12.2 Å². The average Bonchev–Trinajstić information content (AvgIpc) is 2.99. The molecule has 1 radical (unpaired) electrons. The molecule has 4 N–H and O–H groups in total. The largest absolute Gasteiger partial charge is 2.00 e. The maximum absolute atomic E-state index is 11.8. The molecule has 0 spiro atoms. The van der Waals surface area contributed by atoms with Crippen molar-refractivity contribution < 1.29 is 36.6 Å². The Morgan fingerprint density at radius 1 is 0.487 bits per heavy atom. The summed E-state index contributed by atoms with van der Waals surface area (Å²) in [4.78, 5) is 23.5. The van der Waals surface area contributed by atoms with Crippen LogP contribution in [0.3, 0.4) is 0 Å². The first kappa shape index (κ1) is 32.8. The number of hydrogen-bond acceptors (Lipinski definition) is 6. The van der Waals surface area contributed by atoms with Gasteiger partial charge in [0.05, 0.1) is 0 Å². The van der Waals surface area contributed by atoms with Crippen molar-refractivity contribution in [3.8, 4) is 0 Å².